The smallest absolute Gasteiger partial charge is 0.125 e. The second-order valence-corrected chi connectivity index (χ2v) is 7.47. The molecular formula is C22H25F2NO2. The van der Waals surface area contributed by atoms with Crippen molar-refractivity contribution in [3.05, 3.63) is 71.3 Å². The zero-order valence-electron chi connectivity index (χ0n) is 15.5. The van der Waals surface area contributed by atoms with E-state index in [0.717, 1.165) is 49.9 Å². The van der Waals surface area contributed by atoms with E-state index in [-0.39, 0.29) is 23.2 Å². The van der Waals surface area contributed by atoms with Gasteiger partial charge in [-0.15, -0.1) is 0 Å². The van der Waals surface area contributed by atoms with E-state index in [9.17, 15) is 13.6 Å². The van der Waals surface area contributed by atoms with Crippen molar-refractivity contribution >= 4 is 6.29 Å². The molecule has 3 rings (SSSR count). The lowest BCUT2D eigenvalue weighted by Gasteiger charge is -2.35. The Kier molecular flexibility index (Phi) is 6.34. The predicted molar refractivity (Wildman–Crippen MR) is 100 cm³/mol. The summed E-state index contributed by atoms with van der Waals surface area (Å²) < 4.78 is 32.7. The van der Waals surface area contributed by atoms with E-state index in [2.05, 4.69) is 4.90 Å². The maximum Gasteiger partial charge on any atom is 0.125 e. The summed E-state index contributed by atoms with van der Waals surface area (Å²) in [7, 11) is 0. The Morgan fingerprint density at radius 3 is 1.93 bits per heavy atom. The molecule has 1 aliphatic rings. The van der Waals surface area contributed by atoms with Gasteiger partial charge in [-0.2, -0.15) is 0 Å². The summed E-state index contributed by atoms with van der Waals surface area (Å²) in [5, 5.41) is 0. The molecule has 0 atom stereocenters. The lowest BCUT2D eigenvalue weighted by molar-refractivity contribution is -0.117. The zero-order valence-corrected chi connectivity index (χ0v) is 15.5. The largest absolute Gasteiger partial charge is 0.367 e. The third-order valence-electron chi connectivity index (χ3n) is 5.32. The molecular weight excluding hydrogens is 348 g/mol. The number of ether oxygens (including phenoxy) is 1. The van der Waals surface area contributed by atoms with Crippen LogP contribution in [0.15, 0.2) is 48.5 Å². The van der Waals surface area contributed by atoms with Gasteiger partial charge in [-0.25, -0.2) is 8.78 Å². The van der Waals surface area contributed by atoms with E-state index in [1.54, 1.807) is 24.3 Å². The van der Waals surface area contributed by atoms with Crippen molar-refractivity contribution in [2.24, 2.45) is 5.41 Å². The quantitative estimate of drug-likeness (QED) is 0.675. The normalized spacial score (nSPS) is 17.2. The lowest BCUT2D eigenvalue weighted by atomic mass is 9.82. The molecule has 3 nitrogen and oxygen atoms in total. The van der Waals surface area contributed by atoms with E-state index in [0.29, 0.717) is 6.61 Å². The fourth-order valence-corrected chi connectivity index (χ4v) is 3.37. The molecule has 2 aromatic rings. The van der Waals surface area contributed by atoms with E-state index in [1.165, 1.54) is 24.3 Å². The number of hydrogen-bond acceptors (Lipinski definition) is 3. The van der Waals surface area contributed by atoms with Gasteiger partial charge in [-0.05, 0) is 61.3 Å². The van der Waals surface area contributed by atoms with Crippen LogP contribution in [0.2, 0.25) is 0 Å². The summed E-state index contributed by atoms with van der Waals surface area (Å²) in [4.78, 5) is 13.4. The van der Waals surface area contributed by atoms with Crippen LogP contribution in [0.25, 0.3) is 0 Å². The molecule has 1 fully saturated rings. The fourth-order valence-electron chi connectivity index (χ4n) is 3.37. The minimum Gasteiger partial charge on any atom is -0.367 e. The van der Waals surface area contributed by atoms with Crippen molar-refractivity contribution in [3.63, 3.8) is 0 Å². The van der Waals surface area contributed by atoms with Gasteiger partial charge in [0.25, 0.3) is 0 Å². The van der Waals surface area contributed by atoms with Crippen LogP contribution in [0.1, 0.15) is 37.0 Å². The Morgan fingerprint density at radius 1 is 1.00 bits per heavy atom. The first kappa shape index (κ1) is 19.6. The molecule has 0 saturated carbocycles. The summed E-state index contributed by atoms with van der Waals surface area (Å²) in [6, 6.07) is 12.4. The third-order valence-corrected chi connectivity index (χ3v) is 5.32. The van der Waals surface area contributed by atoms with Crippen LogP contribution in [0.3, 0.4) is 0 Å². The molecule has 0 spiro atoms. The number of likely N-dealkylation sites (tertiary alicyclic amines) is 1. The molecule has 0 N–H and O–H groups in total. The van der Waals surface area contributed by atoms with Crippen LogP contribution in [0.5, 0.6) is 0 Å². The molecule has 0 aliphatic carbocycles. The number of carbonyl (C=O) groups excluding carboxylic acids is 1. The number of nitrogens with zero attached hydrogens (tertiary/aromatic N) is 1. The molecule has 0 amide bonds. The van der Waals surface area contributed by atoms with Gasteiger partial charge >= 0.3 is 0 Å². The van der Waals surface area contributed by atoms with Crippen LogP contribution < -0.4 is 0 Å². The second kappa shape index (κ2) is 8.72. The van der Waals surface area contributed by atoms with Gasteiger partial charge in [0.05, 0.1) is 6.61 Å². The van der Waals surface area contributed by atoms with E-state index in [1.807, 2.05) is 6.92 Å². The minimum absolute atomic E-state index is 0.206. The Morgan fingerprint density at radius 2 is 1.48 bits per heavy atom. The summed E-state index contributed by atoms with van der Waals surface area (Å²) in [6.07, 6.45) is 2.40. The number of piperidine rings is 1. The number of aldehydes is 1. The highest BCUT2D eigenvalue weighted by Crippen LogP contribution is 2.29. The molecule has 27 heavy (non-hydrogen) atoms. The van der Waals surface area contributed by atoms with Gasteiger partial charge < -0.3 is 14.4 Å². The van der Waals surface area contributed by atoms with E-state index >= 15 is 0 Å². The maximum atomic E-state index is 13.3. The van der Waals surface area contributed by atoms with Gasteiger partial charge in [0.1, 0.15) is 24.0 Å². The summed E-state index contributed by atoms with van der Waals surface area (Å²) in [6.45, 7) is 5.00. The number of rotatable bonds is 7. The van der Waals surface area contributed by atoms with Crippen LogP contribution in [0, 0.1) is 17.0 Å². The molecule has 0 bridgehead atoms. The highest BCUT2D eigenvalue weighted by molar-refractivity contribution is 5.58. The highest BCUT2D eigenvalue weighted by Gasteiger charge is 2.29. The highest BCUT2D eigenvalue weighted by atomic mass is 19.1. The molecule has 5 heteroatoms. The molecule has 2 aromatic carbocycles. The molecule has 144 valence electrons. The monoisotopic (exact) mass is 373 g/mol. The second-order valence-electron chi connectivity index (χ2n) is 7.47. The van der Waals surface area contributed by atoms with Gasteiger partial charge in [0.15, 0.2) is 0 Å². The Bertz CT molecular complexity index is 692. The van der Waals surface area contributed by atoms with E-state index < -0.39 is 0 Å². The number of halogens is 2. The van der Waals surface area contributed by atoms with Crippen molar-refractivity contribution in [2.45, 2.75) is 25.9 Å². The van der Waals surface area contributed by atoms with Crippen molar-refractivity contribution < 1.29 is 18.3 Å². The third kappa shape index (κ3) is 5.21. The first-order valence-corrected chi connectivity index (χ1v) is 9.30. The maximum absolute atomic E-state index is 13.3. The average Bonchev–Trinajstić information content (AvgIpc) is 2.69. The number of carbonyl (C=O) groups is 1. The predicted octanol–water partition coefficient (Wildman–Crippen LogP) is 4.37. The number of hydrogen-bond donors (Lipinski definition) is 0. The molecule has 0 unspecified atom stereocenters. The summed E-state index contributed by atoms with van der Waals surface area (Å²) in [5.41, 5.74) is 1.45. The van der Waals surface area contributed by atoms with Crippen LogP contribution in [-0.2, 0) is 9.53 Å². The number of benzene rings is 2. The van der Waals surface area contributed by atoms with Gasteiger partial charge in [-0.1, -0.05) is 31.2 Å². The Hall–Kier alpha value is -2.11. The first-order valence-electron chi connectivity index (χ1n) is 9.30. The average molecular weight is 373 g/mol. The summed E-state index contributed by atoms with van der Waals surface area (Å²) in [5.74, 6) is -0.605. The molecule has 0 aromatic heterocycles. The van der Waals surface area contributed by atoms with Crippen molar-refractivity contribution in [1.82, 2.24) is 4.90 Å². The van der Waals surface area contributed by atoms with Crippen LogP contribution in [-0.4, -0.2) is 37.4 Å². The first-order chi connectivity index (χ1) is 13.0. The lowest BCUT2D eigenvalue weighted by Crippen LogP contribution is -2.41. The van der Waals surface area contributed by atoms with Crippen molar-refractivity contribution in [3.8, 4) is 0 Å². The molecule has 0 radical (unpaired) electrons. The van der Waals surface area contributed by atoms with Crippen LogP contribution >= 0.6 is 0 Å². The van der Waals surface area contributed by atoms with Gasteiger partial charge in [-0.3, -0.25) is 0 Å². The Labute approximate surface area is 158 Å². The zero-order chi connectivity index (χ0) is 19.3. The summed E-state index contributed by atoms with van der Waals surface area (Å²) >= 11 is 0. The molecule has 1 saturated heterocycles. The molecule has 1 aliphatic heterocycles. The topological polar surface area (TPSA) is 29.5 Å². The van der Waals surface area contributed by atoms with Crippen molar-refractivity contribution in [1.29, 1.82) is 0 Å². The minimum atomic E-state index is -0.378. The van der Waals surface area contributed by atoms with Crippen LogP contribution in [0.4, 0.5) is 8.78 Å². The van der Waals surface area contributed by atoms with Crippen molar-refractivity contribution in [2.75, 3.05) is 26.2 Å². The molecule has 1 heterocycles. The van der Waals surface area contributed by atoms with Gasteiger partial charge in [0.2, 0.25) is 0 Å². The standard InChI is InChI=1S/C22H25F2NO2/c1-22(16-26)10-12-25(13-11-22)14-15-27-21(17-2-6-19(23)7-3-17)18-4-8-20(24)9-5-18/h2-9,16,21H,10-15H2,1H3. The van der Waals surface area contributed by atoms with Gasteiger partial charge in [0, 0.05) is 12.0 Å². The fraction of sp³-hybridized carbons (Fsp3) is 0.409. The SMILES string of the molecule is CC1(C=O)CCN(CCOC(c2ccc(F)cc2)c2ccc(F)cc2)CC1. The Balaban J connectivity index is 1.63. The van der Waals surface area contributed by atoms with E-state index in [4.69, 9.17) is 4.74 Å².